The largest absolute Gasteiger partial charge is 2.00 e. The normalized spacial score (nSPS) is 10.2. The van der Waals surface area contributed by atoms with Crippen molar-refractivity contribution in [1.29, 1.82) is 0 Å². The smallest absolute Gasteiger partial charge is 0.550 e. The van der Waals surface area contributed by atoms with E-state index in [1.165, 1.54) is 167 Å². The Balaban J connectivity index is -0.000000326. The van der Waals surface area contributed by atoms with Gasteiger partial charge in [-0.25, -0.2) is 0 Å². The minimum Gasteiger partial charge on any atom is -0.550 e. The van der Waals surface area contributed by atoms with Crippen molar-refractivity contribution < 1.29 is 19.8 Å². The molecule has 0 fully saturated rings. The summed E-state index contributed by atoms with van der Waals surface area (Å²) in [7, 11) is 0. The molecule has 0 rings (SSSR count). The summed E-state index contributed by atoms with van der Waals surface area (Å²) in [6.07, 6.45) is 41.5. The summed E-state index contributed by atoms with van der Waals surface area (Å²) in [5.74, 6) is -1.81. The molecule has 0 saturated heterocycles. The maximum Gasteiger partial charge on any atom is 2.00 e. The van der Waals surface area contributed by atoms with Crippen molar-refractivity contribution in [2.45, 2.75) is 226 Å². The summed E-state index contributed by atoms with van der Waals surface area (Å²) in [5.41, 5.74) is 0. The number of hydrogen-bond acceptors (Lipinski definition) is 4. The van der Waals surface area contributed by atoms with Crippen LogP contribution < -0.4 is 10.2 Å². The third kappa shape index (κ3) is 61.0. The number of hydrogen-bond donors (Lipinski definition) is 0. The second-order valence-corrected chi connectivity index (χ2v) is 12.6. The average Bonchev–Trinajstić information content (AvgIpc) is 2.97. The van der Waals surface area contributed by atoms with Crippen LogP contribution in [-0.4, -0.2) is 49.7 Å². The van der Waals surface area contributed by atoms with Gasteiger partial charge in [0.25, 0.3) is 0 Å². The number of aliphatic carboxylic acids is 2. The number of carboxylic acids is 2. The third-order valence-electron chi connectivity index (χ3n) is 7.97. The molecule has 0 aromatic carbocycles. The van der Waals surface area contributed by atoms with Crippen molar-refractivity contribution in [2.75, 3.05) is 0 Å². The van der Waals surface area contributed by atoms with Gasteiger partial charge in [-0.3, -0.25) is 0 Å². The third-order valence-corrected chi connectivity index (χ3v) is 7.97. The topological polar surface area (TPSA) is 80.3 Å². The van der Waals surface area contributed by atoms with Crippen LogP contribution in [0.1, 0.15) is 226 Å². The molecule has 44 heavy (non-hydrogen) atoms. The Kier molecular flexibility index (Phi) is 57.5. The molecular formula is C39H76CaO4. The fourth-order valence-corrected chi connectivity index (χ4v) is 5.28. The van der Waals surface area contributed by atoms with Gasteiger partial charge in [0.1, 0.15) is 0 Å². The van der Waals surface area contributed by atoms with Gasteiger partial charge in [0, 0.05) is 11.9 Å². The van der Waals surface area contributed by atoms with Crippen LogP contribution in [0.2, 0.25) is 0 Å². The molecule has 4 nitrogen and oxygen atoms in total. The van der Waals surface area contributed by atoms with E-state index in [0.29, 0.717) is 0 Å². The van der Waals surface area contributed by atoms with Crippen LogP contribution in [0.4, 0.5) is 0 Å². The zero-order valence-corrected chi connectivity index (χ0v) is 32.5. The molecule has 0 bridgehead atoms. The molecule has 0 aliphatic heterocycles. The Morgan fingerprint density at radius 1 is 0.409 bits per heavy atom. The molecule has 0 aromatic heterocycles. The Bertz CT molecular complexity index is 494. The monoisotopic (exact) mass is 649 g/mol. The predicted molar refractivity (Wildman–Crippen MR) is 191 cm³/mol. The molecule has 0 aromatic rings. The number of allylic oxidation sites excluding steroid dienone is 1. The van der Waals surface area contributed by atoms with E-state index in [1.54, 1.807) is 6.08 Å². The van der Waals surface area contributed by atoms with Gasteiger partial charge in [-0.1, -0.05) is 200 Å². The van der Waals surface area contributed by atoms with Crippen LogP contribution in [0.25, 0.3) is 0 Å². The molecule has 0 unspecified atom stereocenters. The van der Waals surface area contributed by atoms with E-state index >= 15 is 0 Å². The van der Waals surface area contributed by atoms with E-state index in [1.807, 2.05) is 6.92 Å². The van der Waals surface area contributed by atoms with Crippen molar-refractivity contribution in [1.82, 2.24) is 0 Å². The first kappa shape index (κ1) is 50.8. The van der Waals surface area contributed by atoms with Crippen LogP contribution in [0.3, 0.4) is 0 Å². The first-order valence-corrected chi connectivity index (χ1v) is 18.9. The van der Waals surface area contributed by atoms with Crippen LogP contribution in [-0.2, 0) is 9.59 Å². The zero-order chi connectivity index (χ0) is 32.5. The quantitative estimate of drug-likeness (QED) is 0.0413. The van der Waals surface area contributed by atoms with E-state index in [9.17, 15) is 19.8 Å². The summed E-state index contributed by atoms with van der Waals surface area (Å²) in [6, 6.07) is 0. The minimum absolute atomic E-state index is 0. The number of carbonyl (C=O) groups excluding carboxylic acids is 2. The summed E-state index contributed by atoms with van der Waals surface area (Å²) < 4.78 is 0. The molecule has 0 saturated carbocycles. The Morgan fingerprint density at radius 3 is 0.682 bits per heavy atom. The molecule has 0 N–H and O–H groups in total. The second-order valence-electron chi connectivity index (χ2n) is 12.6. The fourth-order valence-electron chi connectivity index (χ4n) is 5.28. The molecule has 0 aliphatic carbocycles. The van der Waals surface area contributed by atoms with Gasteiger partial charge in [0.2, 0.25) is 0 Å². The van der Waals surface area contributed by atoms with E-state index in [2.05, 4.69) is 20.4 Å². The Hall–Kier alpha value is -0.0603. The van der Waals surface area contributed by atoms with Gasteiger partial charge in [-0.15, -0.1) is 6.58 Å². The number of rotatable bonds is 32. The molecule has 0 amide bonds. The molecule has 0 aliphatic rings. The van der Waals surface area contributed by atoms with E-state index < -0.39 is 11.9 Å². The van der Waals surface area contributed by atoms with Crippen LogP contribution >= 0.6 is 0 Å². The van der Waals surface area contributed by atoms with Crippen LogP contribution in [0.5, 0.6) is 0 Å². The van der Waals surface area contributed by atoms with E-state index in [-0.39, 0.29) is 50.6 Å². The molecule has 0 radical (unpaired) electrons. The van der Waals surface area contributed by atoms with Crippen molar-refractivity contribution in [3.8, 4) is 0 Å². The summed E-state index contributed by atoms with van der Waals surface area (Å²) in [5, 5.41) is 20.4. The SMILES string of the molecule is C=CC.CCCCCCCCCCCCCCCCCC(=O)[O-].CCCCCCCCCCCCCCCCCC(=O)[O-].[Ca+2]. The summed E-state index contributed by atoms with van der Waals surface area (Å²) >= 11 is 0. The standard InChI is InChI=1S/2C18H36O2.C3H6.Ca/c2*1-2-3-4-5-6-7-8-9-10-11-12-13-14-15-16-17-18(19)20;1-3-2;/h2*2-17H2,1H3,(H,19,20);3H,1H2,2H3;/q;;;+2/p-2. The molecule has 5 heteroatoms. The van der Waals surface area contributed by atoms with Crippen molar-refractivity contribution >= 4 is 49.7 Å². The molecule has 0 atom stereocenters. The van der Waals surface area contributed by atoms with Gasteiger partial charge in [0.15, 0.2) is 0 Å². The van der Waals surface area contributed by atoms with Crippen molar-refractivity contribution in [3.05, 3.63) is 12.7 Å². The number of carbonyl (C=O) groups is 2. The maximum atomic E-state index is 10.2. The maximum absolute atomic E-state index is 10.2. The minimum atomic E-state index is -0.903. The summed E-state index contributed by atoms with van der Waals surface area (Å²) in [4.78, 5) is 20.4. The van der Waals surface area contributed by atoms with Gasteiger partial charge < -0.3 is 19.8 Å². The average molecular weight is 649 g/mol. The predicted octanol–water partition coefficient (Wildman–Crippen LogP) is 10.8. The van der Waals surface area contributed by atoms with Gasteiger partial charge >= 0.3 is 37.7 Å². The number of unbranched alkanes of at least 4 members (excludes halogenated alkanes) is 28. The first-order chi connectivity index (χ1) is 21.0. The van der Waals surface area contributed by atoms with Gasteiger partial charge in [0.05, 0.1) is 0 Å². The molecule has 0 spiro atoms. The van der Waals surface area contributed by atoms with Crippen molar-refractivity contribution in [2.24, 2.45) is 0 Å². The number of carboxylic acid groups (broad SMARTS) is 2. The molecule has 0 heterocycles. The van der Waals surface area contributed by atoms with Gasteiger partial charge in [-0.2, -0.15) is 0 Å². The van der Waals surface area contributed by atoms with E-state index in [4.69, 9.17) is 0 Å². The molecule has 258 valence electrons. The Morgan fingerprint density at radius 2 is 0.545 bits per heavy atom. The molecular weight excluding hydrogens is 573 g/mol. The van der Waals surface area contributed by atoms with Crippen molar-refractivity contribution in [3.63, 3.8) is 0 Å². The fraction of sp³-hybridized carbons (Fsp3) is 0.897. The second kappa shape index (κ2) is 49.8. The zero-order valence-electron chi connectivity index (χ0n) is 30.3. The van der Waals surface area contributed by atoms with Crippen LogP contribution in [0, 0.1) is 0 Å². The summed E-state index contributed by atoms with van der Waals surface area (Å²) in [6.45, 7) is 9.78. The Labute approximate surface area is 306 Å². The first-order valence-electron chi connectivity index (χ1n) is 18.9. The van der Waals surface area contributed by atoms with E-state index in [0.717, 1.165) is 25.7 Å². The van der Waals surface area contributed by atoms with Gasteiger partial charge in [-0.05, 0) is 32.6 Å². The van der Waals surface area contributed by atoms with Crippen LogP contribution in [0.15, 0.2) is 12.7 Å².